The van der Waals surface area contributed by atoms with E-state index in [9.17, 15) is 9.59 Å². The number of β-amino-alcohol motifs (C(OH)–C–C–N with tert-alkyl or cyclic N) is 1. The molecule has 1 rings (SSSR count). The highest BCUT2D eigenvalue weighted by Gasteiger charge is 2.36. The summed E-state index contributed by atoms with van der Waals surface area (Å²) < 4.78 is 0. The fourth-order valence-electron chi connectivity index (χ4n) is 1.25. The Morgan fingerprint density at radius 2 is 1.50 bits per heavy atom. The Hall–Kier alpha value is -0.200. The molecule has 0 aromatic rings. The highest BCUT2D eigenvalue weighted by Crippen LogP contribution is 2.23. The van der Waals surface area contributed by atoms with Crippen molar-refractivity contribution in [3.05, 3.63) is 11.1 Å². The first-order chi connectivity index (χ1) is 6.67. The van der Waals surface area contributed by atoms with E-state index in [2.05, 4.69) is 31.9 Å². The number of hydrogen-bond donors (Lipinski definition) is 1. The molecule has 6 heteroatoms. The topological polar surface area (TPSA) is 57.6 Å². The van der Waals surface area contributed by atoms with Crippen LogP contribution in [0.4, 0.5) is 0 Å². The summed E-state index contributed by atoms with van der Waals surface area (Å²) in [7, 11) is 0. The second kappa shape index (κ2) is 5.04. The van der Waals surface area contributed by atoms with Crippen LogP contribution >= 0.6 is 31.9 Å². The third-order valence-electron chi connectivity index (χ3n) is 1.96. The molecule has 2 amide bonds. The number of carbonyl (C=O) groups excluding carboxylic acids is 2. The van der Waals surface area contributed by atoms with Gasteiger partial charge in [-0.15, -0.1) is 0 Å². The maximum Gasteiger partial charge on any atom is 0.258 e. The molecule has 1 N–H and O–H groups in total. The lowest BCUT2D eigenvalue weighted by Gasteiger charge is -2.12. The molecule has 0 radical (unpaired) electrons. The molecule has 0 aliphatic carbocycles. The van der Waals surface area contributed by atoms with Crippen molar-refractivity contribution in [2.24, 2.45) is 0 Å². The van der Waals surface area contributed by atoms with Crippen LogP contribution in [0.2, 0.25) is 0 Å². The molecule has 0 bridgehead atoms. The number of halogens is 2. The maximum absolute atomic E-state index is 11.6. The fraction of sp³-hybridized carbons (Fsp3) is 0.500. The third-order valence-corrected chi connectivity index (χ3v) is 3.08. The Labute approximate surface area is 98.2 Å². The minimum absolute atomic E-state index is 0.0602. The summed E-state index contributed by atoms with van der Waals surface area (Å²) in [6.07, 6.45) is 0. The molecule has 14 heavy (non-hydrogen) atoms. The number of alkyl halides is 2. The van der Waals surface area contributed by atoms with Crippen molar-refractivity contribution in [1.29, 1.82) is 0 Å². The van der Waals surface area contributed by atoms with Gasteiger partial charge < -0.3 is 5.11 Å². The van der Waals surface area contributed by atoms with E-state index in [-0.39, 0.29) is 25.0 Å². The largest absolute Gasteiger partial charge is 0.395 e. The average molecular weight is 327 g/mol. The van der Waals surface area contributed by atoms with Crippen LogP contribution in [-0.2, 0) is 9.59 Å². The maximum atomic E-state index is 11.6. The van der Waals surface area contributed by atoms with Crippen LogP contribution < -0.4 is 0 Å². The van der Waals surface area contributed by atoms with Crippen molar-refractivity contribution >= 4 is 43.7 Å². The molecule has 1 aliphatic heterocycles. The molecule has 0 aromatic carbocycles. The Kier molecular flexibility index (Phi) is 4.28. The summed E-state index contributed by atoms with van der Waals surface area (Å²) in [5.41, 5.74) is 0.945. The summed E-state index contributed by atoms with van der Waals surface area (Å²) >= 11 is 6.33. The Bertz CT molecular complexity index is 275. The second-order valence-electron chi connectivity index (χ2n) is 2.71. The van der Waals surface area contributed by atoms with Crippen LogP contribution in [0, 0.1) is 0 Å². The lowest BCUT2D eigenvalue weighted by molar-refractivity contribution is -0.138. The Morgan fingerprint density at radius 3 is 1.79 bits per heavy atom. The normalized spacial score (nSPS) is 17.2. The number of hydrogen-bond acceptors (Lipinski definition) is 3. The first-order valence-electron chi connectivity index (χ1n) is 3.98. The van der Waals surface area contributed by atoms with E-state index in [1.54, 1.807) is 0 Å². The van der Waals surface area contributed by atoms with Gasteiger partial charge in [-0.3, -0.25) is 14.5 Å². The average Bonchev–Trinajstić information content (AvgIpc) is 2.41. The summed E-state index contributed by atoms with van der Waals surface area (Å²) in [6.45, 7) is -0.146. The SMILES string of the molecule is O=C1C(CBr)=C(CBr)C(=O)N1CCO. The Balaban J connectivity index is 2.96. The molecule has 0 unspecified atom stereocenters. The van der Waals surface area contributed by atoms with Gasteiger partial charge in [-0.05, 0) is 0 Å². The molecule has 0 fully saturated rings. The minimum atomic E-state index is -0.310. The van der Waals surface area contributed by atoms with Gasteiger partial charge in [-0.2, -0.15) is 0 Å². The van der Waals surface area contributed by atoms with E-state index in [4.69, 9.17) is 5.11 Å². The minimum Gasteiger partial charge on any atom is -0.395 e. The van der Waals surface area contributed by atoms with Crippen LogP contribution in [-0.4, -0.2) is 45.6 Å². The van der Waals surface area contributed by atoms with Crippen molar-refractivity contribution in [1.82, 2.24) is 4.90 Å². The fourth-order valence-corrected chi connectivity index (χ4v) is 2.41. The number of aliphatic hydroxyl groups is 1. The molecule has 0 aromatic heterocycles. The van der Waals surface area contributed by atoms with Crippen molar-refractivity contribution in [3.63, 3.8) is 0 Å². The van der Waals surface area contributed by atoms with Gasteiger partial charge in [0, 0.05) is 21.8 Å². The number of carbonyl (C=O) groups is 2. The predicted octanol–water partition coefficient (Wildman–Crippen LogP) is 0.434. The summed E-state index contributed by atoms with van der Waals surface area (Å²) in [5.74, 6) is -0.620. The van der Waals surface area contributed by atoms with Crippen LogP contribution in [0.15, 0.2) is 11.1 Å². The van der Waals surface area contributed by atoms with E-state index in [0.717, 1.165) is 4.90 Å². The van der Waals surface area contributed by atoms with Crippen molar-refractivity contribution in [2.45, 2.75) is 0 Å². The zero-order valence-corrected chi connectivity index (χ0v) is 10.5. The molecular weight excluding hydrogens is 318 g/mol. The molecule has 0 saturated heterocycles. The molecule has 78 valence electrons. The van der Waals surface area contributed by atoms with Gasteiger partial charge in [0.1, 0.15) is 0 Å². The molecule has 1 heterocycles. The van der Waals surface area contributed by atoms with Crippen LogP contribution in [0.25, 0.3) is 0 Å². The van der Waals surface area contributed by atoms with Crippen molar-refractivity contribution < 1.29 is 14.7 Å². The molecule has 0 atom stereocenters. The second-order valence-corrected chi connectivity index (χ2v) is 3.83. The van der Waals surface area contributed by atoms with Gasteiger partial charge in [0.2, 0.25) is 0 Å². The third kappa shape index (κ3) is 1.92. The van der Waals surface area contributed by atoms with E-state index in [1.807, 2.05) is 0 Å². The van der Waals surface area contributed by atoms with Crippen molar-refractivity contribution in [2.75, 3.05) is 23.8 Å². The van der Waals surface area contributed by atoms with Crippen LogP contribution in [0.3, 0.4) is 0 Å². The highest BCUT2D eigenvalue weighted by atomic mass is 79.9. The van der Waals surface area contributed by atoms with Crippen LogP contribution in [0.1, 0.15) is 0 Å². The zero-order valence-electron chi connectivity index (χ0n) is 7.30. The van der Waals surface area contributed by atoms with E-state index in [1.165, 1.54) is 0 Å². The summed E-state index contributed by atoms with van der Waals surface area (Å²) in [4.78, 5) is 24.2. The van der Waals surface area contributed by atoms with Gasteiger partial charge >= 0.3 is 0 Å². The molecule has 0 saturated carbocycles. The lowest BCUT2D eigenvalue weighted by Crippen LogP contribution is -2.34. The number of aliphatic hydroxyl groups excluding tert-OH is 1. The van der Waals surface area contributed by atoms with Crippen molar-refractivity contribution in [3.8, 4) is 0 Å². The summed E-state index contributed by atoms with van der Waals surface area (Å²) in [5, 5.41) is 9.42. The monoisotopic (exact) mass is 325 g/mol. The van der Waals surface area contributed by atoms with Gasteiger partial charge in [0.05, 0.1) is 13.2 Å². The van der Waals surface area contributed by atoms with E-state index >= 15 is 0 Å². The lowest BCUT2D eigenvalue weighted by atomic mass is 10.2. The summed E-state index contributed by atoms with van der Waals surface area (Å²) in [6, 6.07) is 0. The number of rotatable bonds is 4. The van der Waals surface area contributed by atoms with E-state index < -0.39 is 0 Å². The molecular formula is C8H9Br2NO3. The van der Waals surface area contributed by atoms with Gasteiger partial charge in [-0.25, -0.2) is 0 Å². The first kappa shape index (κ1) is 11.9. The smallest absolute Gasteiger partial charge is 0.258 e. The molecule has 1 aliphatic rings. The number of amides is 2. The standard InChI is InChI=1S/C8H9Br2NO3/c9-3-5-6(4-10)8(14)11(1-2-12)7(5)13/h12H,1-4H2. The van der Waals surface area contributed by atoms with Gasteiger partial charge in [0.25, 0.3) is 11.8 Å². The predicted molar refractivity (Wildman–Crippen MR) is 58.4 cm³/mol. The van der Waals surface area contributed by atoms with Crippen LogP contribution in [0.5, 0.6) is 0 Å². The van der Waals surface area contributed by atoms with Gasteiger partial charge in [-0.1, -0.05) is 31.9 Å². The zero-order chi connectivity index (χ0) is 10.7. The van der Waals surface area contributed by atoms with E-state index in [0.29, 0.717) is 21.8 Å². The highest BCUT2D eigenvalue weighted by molar-refractivity contribution is 9.09. The number of nitrogens with zero attached hydrogens (tertiary/aromatic N) is 1. The first-order valence-corrected chi connectivity index (χ1v) is 6.22. The molecule has 4 nitrogen and oxygen atoms in total. The Morgan fingerprint density at radius 1 is 1.07 bits per heavy atom. The molecule has 0 spiro atoms. The quantitative estimate of drug-likeness (QED) is 0.602. The van der Waals surface area contributed by atoms with Gasteiger partial charge in [0.15, 0.2) is 0 Å². The number of imide groups is 1.